The Hall–Kier alpha value is -0.200. The first kappa shape index (κ1) is 15.7. The van der Waals surface area contributed by atoms with E-state index in [1.54, 1.807) is 0 Å². The fraction of sp³-hybridized carbons (Fsp3) is 1.00. The Morgan fingerprint density at radius 3 is 2.67 bits per heavy atom. The summed E-state index contributed by atoms with van der Waals surface area (Å²) in [6, 6.07) is 1.78. The maximum atomic E-state index is 5.99. The zero-order valence-corrected chi connectivity index (χ0v) is 13.8. The molecule has 1 saturated carbocycles. The molecule has 0 bridgehead atoms. The van der Waals surface area contributed by atoms with Gasteiger partial charge in [-0.1, -0.05) is 0 Å². The second-order valence-corrected chi connectivity index (χ2v) is 7.11. The van der Waals surface area contributed by atoms with E-state index in [4.69, 9.17) is 9.47 Å². The molecule has 3 unspecified atom stereocenters. The molecule has 5 heteroatoms. The standard InChI is InChI=1S/C16H31N3O2/c1-17-14-6-7-16(20-9-10-21-16)11-15(14)19-8-4-5-13(19)12-18(2)3/h13-15,17H,4-12H2,1-3H3. The van der Waals surface area contributed by atoms with Crippen LogP contribution in [0.3, 0.4) is 0 Å². The van der Waals surface area contributed by atoms with Crippen molar-refractivity contribution in [1.82, 2.24) is 15.1 Å². The third-order valence-corrected chi connectivity index (χ3v) is 5.43. The number of likely N-dealkylation sites (tertiary alicyclic amines) is 1. The van der Waals surface area contributed by atoms with Crippen molar-refractivity contribution < 1.29 is 9.47 Å². The molecule has 5 nitrogen and oxygen atoms in total. The highest BCUT2D eigenvalue weighted by atomic mass is 16.7. The van der Waals surface area contributed by atoms with Gasteiger partial charge in [-0.25, -0.2) is 0 Å². The Kier molecular flexibility index (Phi) is 4.86. The van der Waals surface area contributed by atoms with Gasteiger partial charge in [-0.3, -0.25) is 4.90 Å². The molecular formula is C16H31N3O2. The molecule has 1 N–H and O–H groups in total. The molecule has 1 aliphatic carbocycles. The van der Waals surface area contributed by atoms with E-state index in [2.05, 4.69) is 36.3 Å². The quantitative estimate of drug-likeness (QED) is 0.834. The van der Waals surface area contributed by atoms with Crippen LogP contribution in [-0.2, 0) is 9.47 Å². The van der Waals surface area contributed by atoms with Gasteiger partial charge in [0, 0.05) is 37.5 Å². The highest BCUT2D eigenvalue weighted by Crippen LogP contribution is 2.39. The van der Waals surface area contributed by atoms with Crippen LogP contribution in [0.5, 0.6) is 0 Å². The van der Waals surface area contributed by atoms with Gasteiger partial charge in [-0.15, -0.1) is 0 Å². The van der Waals surface area contributed by atoms with Crippen LogP contribution in [-0.4, -0.2) is 81.2 Å². The molecule has 1 spiro atoms. The number of ether oxygens (including phenoxy) is 2. The molecule has 0 amide bonds. The molecule has 3 rings (SSSR count). The molecule has 0 radical (unpaired) electrons. The molecule has 2 heterocycles. The van der Waals surface area contributed by atoms with Crippen LogP contribution in [0, 0.1) is 0 Å². The summed E-state index contributed by atoms with van der Waals surface area (Å²) in [7, 11) is 6.46. The fourth-order valence-electron chi connectivity index (χ4n) is 4.49. The van der Waals surface area contributed by atoms with E-state index < -0.39 is 0 Å². The maximum Gasteiger partial charge on any atom is 0.170 e. The lowest BCUT2D eigenvalue weighted by Crippen LogP contribution is -2.59. The van der Waals surface area contributed by atoms with Gasteiger partial charge in [0.1, 0.15) is 0 Å². The van der Waals surface area contributed by atoms with E-state index in [0.29, 0.717) is 18.1 Å². The van der Waals surface area contributed by atoms with E-state index in [1.165, 1.54) is 19.4 Å². The lowest BCUT2D eigenvalue weighted by Gasteiger charge is -2.46. The van der Waals surface area contributed by atoms with Crippen molar-refractivity contribution in [3.05, 3.63) is 0 Å². The van der Waals surface area contributed by atoms with E-state index in [0.717, 1.165) is 39.0 Å². The molecule has 2 saturated heterocycles. The summed E-state index contributed by atoms with van der Waals surface area (Å²) in [6.45, 7) is 3.90. The van der Waals surface area contributed by atoms with Gasteiger partial charge >= 0.3 is 0 Å². The number of nitrogens with zero attached hydrogens (tertiary/aromatic N) is 2. The van der Waals surface area contributed by atoms with E-state index in [-0.39, 0.29) is 5.79 Å². The highest BCUT2D eigenvalue weighted by Gasteiger charge is 2.48. The topological polar surface area (TPSA) is 37.0 Å². The van der Waals surface area contributed by atoms with Crippen LogP contribution in [0.25, 0.3) is 0 Å². The van der Waals surface area contributed by atoms with Crippen molar-refractivity contribution in [2.45, 2.75) is 56.0 Å². The number of nitrogens with one attached hydrogen (secondary N) is 1. The molecular weight excluding hydrogens is 266 g/mol. The third-order valence-electron chi connectivity index (χ3n) is 5.43. The zero-order chi connectivity index (χ0) is 14.9. The number of rotatable bonds is 4. The SMILES string of the molecule is CNC1CCC2(CC1N1CCCC1CN(C)C)OCCO2. The molecule has 3 atom stereocenters. The van der Waals surface area contributed by atoms with Crippen molar-refractivity contribution >= 4 is 0 Å². The predicted molar refractivity (Wildman–Crippen MR) is 83.4 cm³/mol. The number of hydrogen-bond donors (Lipinski definition) is 1. The maximum absolute atomic E-state index is 5.99. The Labute approximate surface area is 128 Å². The predicted octanol–water partition coefficient (Wildman–Crippen LogP) is 0.896. The van der Waals surface area contributed by atoms with Gasteiger partial charge in [0.05, 0.1) is 13.2 Å². The Balaban J connectivity index is 1.72. The van der Waals surface area contributed by atoms with Crippen molar-refractivity contribution in [2.75, 3.05) is 47.4 Å². The van der Waals surface area contributed by atoms with Crippen LogP contribution < -0.4 is 5.32 Å². The van der Waals surface area contributed by atoms with Crippen LogP contribution in [0.1, 0.15) is 32.1 Å². The van der Waals surface area contributed by atoms with Gasteiger partial charge < -0.3 is 19.7 Å². The third kappa shape index (κ3) is 3.27. The van der Waals surface area contributed by atoms with Crippen LogP contribution in [0.4, 0.5) is 0 Å². The monoisotopic (exact) mass is 297 g/mol. The Bertz CT molecular complexity index is 344. The zero-order valence-electron chi connectivity index (χ0n) is 13.8. The average Bonchev–Trinajstić information content (AvgIpc) is 3.08. The summed E-state index contributed by atoms with van der Waals surface area (Å²) in [5.74, 6) is -0.288. The van der Waals surface area contributed by atoms with Gasteiger partial charge in [-0.2, -0.15) is 0 Å². The minimum atomic E-state index is -0.288. The lowest BCUT2D eigenvalue weighted by molar-refractivity contribution is -0.194. The van der Waals surface area contributed by atoms with Crippen molar-refractivity contribution in [2.24, 2.45) is 0 Å². The summed E-state index contributed by atoms with van der Waals surface area (Å²) in [5.41, 5.74) is 0. The van der Waals surface area contributed by atoms with Crippen LogP contribution in [0.2, 0.25) is 0 Å². The molecule has 122 valence electrons. The van der Waals surface area contributed by atoms with E-state index in [9.17, 15) is 0 Å². The first-order chi connectivity index (χ1) is 10.1. The number of likely N-dealkylation sites (N-methyl/N-ethyl adjacent to an activating group) is 2. The molecule has 2 aliphatic heterocycles. The lowest BCUT2D eigenvalue weighted by atomic mass is 9.84. The molecule has 21 heavy (non-hydrogen) atoms. The largest absolute Gasteiger partial charge is 0.347 e. The number of hydrogen-bond acceptors (Lipinski definition) is 5. The summed E-state index contributed by atoms with van der Waals surface area (Å²) in [6.07, 6.45) is 5.83. The highest BCUT2D eigenvalue weighted by molar-refractivity contribution is 4.99. The molecule has 0 aromatic carbocycles. The molecule has 3 aliphatic rings. The minimum absolute atomic E-state index is 0.288. The second-order valence-electron chi connectivity index (χ2n) is 7.11. The molecule has 0 aromatic rings. The summed E-state index contributed by atoms with van der Waals surface area (Å²) >= 11 is 0. The summed E-state index contributed by atoms with van der Waals surface area (Å²) in [4.78, 5) is 5.05. The second kappa shape index (κ2) is 6.50. The van der Waals surface area contributed by atoms with E-state index in [1.807, 2.05) is 0 Å². The Morgan fingerprint density at radius 2 is 2.00 bits per heavy atom. The molecule has 0 aromatic heterocycles. The smallest absolute Gasteiger partial charge is 0.170 e. The van der Waals surface area contributed by atoms with Crippen LogP contribution >= 0.6 is 0 Å². The Morgan fingerprint density at radius 1 is 1.24 bits per heavy atom. The summed E-state index contributed by atoms with van der Waals surface area (Å²) < 4.78 is 12.0. The molecule has 3 fully saturated rings. The van der Waals surface area contributed by atoms with Gasteiger partial charge in [0.25, 0.3) is 0 Å². The fourth-order valence-corrected chi connectivity index (χ4v) is 4.49. The van der Waals surface area contributed by atoms with Gasteiger partial charge in [0.2, 0.25) is 0 Å². The average molecular weight is 297 g/mol. The normalized spacial score (nSPS) is 36.9. The first-order valence-corrected chi connectivity index (χ1v) is 8.49. The van der Waals surface area contributed by atoms with Crippen molar-refractivity contribution in [3.63, 3.8) is 0 Å². The van der Waals surface area contributed by atoms with Gasteiger partial charge in [-0.05, 0) is 47.0 Å². The first-order valence-electron chi connectivity index (χ1n) is 8.49. The van der Waals surface area contributed by atoms with Gasteiger partial charge in [0.15, 0.2) is 5.79 Å². The summed E-state index contributed by atoms with van der Waals surface area (Å²) in [5, 5.41) is 3.54. The van der Waals surface area contributed by atoms with Crippen LogP contribution in [0.15, 0.2) is 0 Å². The van der Waals surface area contributed by atoms with Crippen molar-refractivity contribution in [3.8, 4) is 0 Å². The van der Waals surface area contributed by atoms with E-state index >= 15 is 0 Å². The minimum Gasteiger partial charge on any atom is -0.347 e. The van der Waals surface area contributed by atoms with Crippen molar-refractivity contribution in [1.29, 1.82) is 0 Å².